The van der Waals surface area contributed by atoms with Crippen molar-refractivity contribution in [3.8, 4) is 0 Å². The van der Waals surface area contributed by atoms with Gasteiger partial charge >= 0.3 is 0 Å². The summed E-state index contributed by atoms with van der Waals surface area (Å²) in [5, 5.41) is 7.33. The number of aryl methyl sites for hydroxylation is 1. The maximum absolute atomic E-state index is 5.86. The predicted octanol–water partition coefficient (Wildman–Crippen LogP) is 2.89. The van der Waals surface area contributed by atoms with Crippen LogP contribution in [0.4, 0.5) is 11.9 Å². The summed E-state index contributed by atoms with van der Waals surface area (Å²) in [6.07, 6.45) is 1.85. The van der Waals surface area contributed by atoms with Crippen LogP contribution >= 0.6 is 22.9 Å². The normalized spacial score (nSPS) is 12.2. The molecule has 0 spiro atoms. The average Bonchev–Trinajstić information content (AvgIpc) is 2.75. The van der Waals surface area contributed by atoms with Crippen LogP contribution in [-0.4, -0.2) is 26.5 Å². The third kappa shape index (κ3) is 3.74. The Kier molecular flexibility index (Phi) is 4.49. The highest BCUT2D eigenvalue weighted by Gasteiger charge is 2.12. The molecule has 0 fully saturated rings. The van der Waals surface area contributed by atoms with Crippen LogP contribution in [0.25, 0.3) is 0 Å². The Bertz CT molecular complexity index is 558. The van der Waals surface area contributed by atoms with Crippen molar-refractivity contribution in [1.82, 2.24) is 19.9 Å². The van der Waals surface area contributed by atoms with Gasteiger partial charge in [0, 0.05) is 17.6 Å². The molecule has 0 aliphatic carbocycles. The van der Waals surface area contributed by atoms with Crippen LogP contribution in [0.3, 0.4) is 0 Å². The lowest BCUT2D eigenvalue weighted by molar-refractivity contribution is 0.842. The summed E-state index contributed by atoms with van der Waals surface area (Å²) in [5.74, 6) is 0.906. The molecule has 0 aliphatic heterocycles. The number of hydrogen-bond donors (Lipinski definition) is 2. The molecular formula is C11H15ClN6S. The molecule has 19 heavy (non-hydrogen) atoms. The fraction of sp³-hybridized carbons (Fsp3) is 0.455. The molecule has 102 valence electrons. The molecule has 0 saturated carbocycles. The second-order valence-corrected chi connectivity index (χ2v) is 5.56. The number of rotatable bonds is 5. The molecule has 0 saturated heterocycles. The minimum Gasteiger partial charge on any atom is -0.354 e. The summed E-state index contributed by atoms with van der Waals surface area (Å²) in [5.41, 5.74) is 0. The molecular weight excluding hydrogens is 284 g/mol. The van der Waals surface area contributed by atoms with Crippen molar-refractivity contribution in [2.24, 2.45) is 0 Å². The Labute approximate surface area is 120 Å². The molecule has 2 heterocycles. The number of nitrogens with one attached hydrogen (secondary N) is 2. The summed E-state index contributed by atoms with van der Waals surface area (Å²) in [6.45, 7) is 6.71. The number of aromatic nitrogens is 4. The first-order chi connectivity index (χ1) is 9.08. The summed E-state index contributed by atoms with van der Waals surface area (Å²) in [7, 11) is 0. The molecule has 6 nitrogen and oxygen atoms in total. The number of anilines is 2. The quantitative estimate of drug-likeness (QED) is 0.884. The predicted molar refractivity (Wildman–Crippen MR) is 77.9 cm³/mol. The van der Waals surface area contributed by atoms with Gasteiger partial charge in [0.2, 0.25) is 17.2 Å². The third-order valence-corrected chi connectivity index (χ3v) is 3.56. The summed E-state index contributed by atoms with van der Waals surface area (Å²) < 4.78 is 0. The molecule has 2 aromatic rings. The van der Waals surface area contributed by atoms with Gasteiger partial charge in [-0.1, -0.05) is 0 Å². The van der Waals surface area contributed by atoms with Gasteiger partial charge in [-0.05, 0) is 32.4 Å². The van der Waals surface area contributed by atoms with Crippen LogP contribution in [0.1, 0.15) is 29.8 Å². The highest BCUT2D eigenvalue weighted by molar-refractivity contribution is 7.11. The Morgan fingerprint density at radius 3 is 2.68 bits per heavy atom. The molecule has 0 bridgehead atoms. The highest BCUT2D eigenvalue weighted by Crippen LogP contribution is 2.22. The first-order valence-electron chi connectivity index (χ1n) is 5.92. The van der Waals surface area contributed by atoms with E-state index in [0.717, 1.165) is 11.6 Å². The molecule has 2 N–H and O–H groups in total. The lowest BCUT2D eigenvalue weighted by atomic mass is 10.4. The largest absolute Gasteiger partial charge is 0.354 e. The lowest BCUT2D eigenvalue weighted by Crippen LogP contribution is -2.12. The zero-order valence-corrected chi connectivity index (χ0v) is 12.5. The summed E-state index contributed by atoms with van der Waals surface area (Å²) in [6, 6.07) is 0.0200. The van der Waals surface area contributed by atoms with E-state index < -0.39 is 0 Å². The van der Waals surface area contributed by atoms with Gasteiger partial charge < -0.3 is 10.6 Å². The van der Waals surface area contributed by atoms with Gasteiger partial charge in [-0.25, -0.2) is 4.98 Å². The molecule has 0 aliphatic rings. The van der Waals surface area contributed by atoms with E-state index in [1.54, 1.807) is 11.3 Å². The van der Waals surface area contributed by atoms with Gasteiger partial charge in [0.15, 0.2) is 0 Å². The third-order valence-electron chi connectivity index (χ3n) is 2.30. The maximum atomic E-state index is 5.86. The Hall–Kier alpha value is -1.47. The molecule has 2 aromatic heterocycles. The van der Waals surface area contributed by atoms with Crippen molar-refractivity contribution in [3.63, 3.8) is 0 Å². The van der Waals surface area contributed by atoms with E-state index in [1.165, 1.54) is 4.88 Å². The molecule has 8 heteroatoms. The standard InChI is InChI=1S/C11H15ClN6S/c1-4-13-10-16-9(12)17-11(18-10)15-7(3)8-14-5-6(2)19-8/h5,7H,4H2,1-3H3,(H2,13,15,16,17,18). The number of hydrogen-bond acceptors (Lipinski definition) is 7. The molecule has 0 aromatic carbocycles. The van der Waals surface area contributed by atoms with Gasteiger partial charge in [0.1, 0.15) is 5.01 Å². The van der Waals surface area contributed by atoms with Crippen molar-refractivity contribution in [2.75, 3.05) is 17.2 Å². The first kappa shape index (κ1) is 14.0. The Morgan fingerprint density at radius 1 is 1.32 bits per heavy atom. The van der Waals surface area contributed by atoms with Gasteiger partial charge in [-0.15, -0.1) is 11.3 Å². The molecule has 0 amide bonds. The summed E-state index contributed by atoms with van der Waals surface area (Å²) in [4.78, 5) is 17.8. The highest BCUT2D eigenvalue weighted by atomic mass is 35.5. The minimum atomic E-state index is 0.0200. The maximum Gasteiger partial charge on any atom is 0.229 e. The van der Waals surface area contributed by atoms with E-state index in [2.05, 4.69) is 30.6 Å². The van der Waals surface area contributed by atoms with E-state index in [4.69, 9.17) is 11.6 Å². The lowest BCUT2D eigenvalue weighted by Gasteiger charge is -2.11. The van der Waals surface area contributed by atoms with Crippen molar-refractivity contribution in [1.29, 1.82) is 0 Å². The van der Waals surface area contributed by atoms with Crippen molar-refractivity contribution < 1.29 is 0 Å². The zero-order chi connectivity index (χ0) is 13.8. The fourth-order valence-electron chi connectivity index (χ4n) is 1.48. The van der Waals surface area contributed by atoms with E-state index in [9.17, 15) is 0 Å². The van der Waals surface area contributed by atoms with E-state index in [-0.39, 0.29) is 11.3 Å². The van der Waals surface area contributed by atoms with E-state index in [1.807, 2.05) is 27.0 Å². The second-order valence-electron chi connectivity index (χ2n) is 3.96. The van der Waals surface area contributed by atoms with Crippen LogP contribution in [0, 0.1) is 6.92 Å². The SMILES string of the molecule is CCNc1nc(Cl)nc(NC(C)c2ncc(C)s2)n1. The van der Waals surface area contributed by atoms with Crippen LogP contribution in [0.2, 0.25) is 5.28 Å². The van der Waals surface area contributed by atoms with Gasteiger partial charge in [-0.2, -0.15) is 15.0 Å². The number of nitrogens with zero attached hydrogens (tertiary/aromatic N) is 4. The number of halogens is 1. The number of thiazole rings is 1. The van der Waals surface area contributed by atoms with E-state index in [0.29, 0.717) is 11.9 Å². The van der Waals surface area contributed by atoms with Crippen molar-refractivity contribution >= 4 is 34.8 Å². The van der Waals surface area contributed by atoms with Crippen LogP contribution in [0.15, 0.2) is 6.20 Å². The molecule has 1 atom stereocenters. The molecule has 1 unspecified atom stereocenters. The topological polar surface area (TPSA) is 75.6 Å². The van der Waals surface area contributed by atoms with Gasteiger partial charge in [0.05, 0.1) is 6.04 Å². The molecule has 2 rings (SSSR count). The average molecular weight is 299 g/mol. The van der Waals surface area contributed by atoms with Crippen molar-refractivity contribution in [2.45, 2.75) is 26.8 Å². The monoisotopic (exact) mass is 298 g/mol. The second kappa shape index (κ2) is 6.12. The van der Waals surface area contributed by atoms with Crippen LogP contribution in [-0.2, 0) is 0 Å². The Morgan fingerprint density at radius 2 is 2.05 bits per heavy atom. The van der Waals surface area contributed by atoms with Crippen LogP contribution in [0.5, 0.6) is 0 Å². The Balaban J connectivity index is 2.14. The smallest absolute Gasteiger partial charge is 0.229 e. The fourth-order valence-corrected chi connectivity index (χ4v) is 2.42. The van der Waals surface area contributed by atoms with Gasteiger partial charge in [0.25, 0.3) is 0 Å². The van der Waals surface area contributed by atoms with E-state index >= 15 is 0 Å². The first-order valence-corrected chi connectivity index (χ1v) is 7.12. The minimum absolute atomic E-state index is 0.0200. The van der Waals surface area contributed by atoms with Gasteiger partial charge in [-0.3, -0.25) is 0 Å². The van der Waals surface area contributed by atoms with Crippen molar-refractivity contribution in [3.05, 3.63) is 21.4 Å². The molecule has 0 radical (unpaired) electrons. The summed E-state index contributed by atoms with van der Waals surface area (Å²) >= 11 is 7.50. The van der Waals surface area contributed by atoms with Crippen LogP contribution < -0.4 is 10.6 Å². The zero-order valence-electron chi connectivity index (χ0n) is 10.9.